The van der Waals surface area contributed by atoms with E-state index in [4.69, 9.17) is 3.32 Å². The Morgan fingerprint density at radius 3 is 1.67 bits per heavy atom. The molecule has 0 unspecified atom stereocenters. The maximum atomic E-state index is 11.5. The molecule has 86 valence electrons. The van der Waals surface area contributed by atoms with Crippen LogP contribution >= 0.6 is 0 Å². The molecule has 0 aromatic heterocycles. The van der Waals surface area contributed by atoms with Gasteiger partial charge in [0.25, 0.3) is 0 Å². The van der Waals surface area contributed by atoms with Gasteiger partial charge in [-0.25, -0.2) is 0 Å². The van der Waals surface area contributed by atoms with E-state index in [0.29, 0.717) is 6.61 Å². The van der Waals surface area contributed by atoms with E-state index >= 15 is 0 Å². The van der Waals surface area contributed by atoms with Gasteiger partial charge in [0, 0.05) is 0 Å². The average Bonchev–Trinajstić information content (AvgIpc) is 2.10. The molecule has 15 heavy (non-hydrogen) atoms. The summed E-state index contributed by atoms with van der Waals surface area (Å²) in [5.74, 6) is 0. The summed E-state index contributed by atoms with van der Waals surface area (Å²) in [6, 6.07) is 0. The Morgan fingerprint density at radius 2 is 1.40 bits per heavy atom. The Bertz CT molecular complexity index is 237. The van der Waals surface area contributed by atoms with E-state index in [0.717, 1.165) is 12.8 Å². The summed E-state index contributed by atoms with van der Waals surface area (Å²) < 4.78 is 4.33. The Balaban J connectivity index is 4.90. The summed E-state index contributed by atoms with van der Waals surface area (Å²) in [6.45, 7) is 6.17. The molecule has 0 fully saturated rings. The van der Waals surface area contributed by atoms with E-state index < -0.39 is 17.0 Å². The zero-order chi connectivity index (χ0) is 12.1. The molecular weight excluding hydrogens is 232 g/mol. The monoisotopic (exact) mass is 250 g/mol. The van der Waals surface area contributed by atoms with Gasteiger partial charge in [0.05, 0.1) is 0 Å². The number of rotatable bonds is 7. The van der Waals surface area contributed by atoms with Crippen LogP contribution in [0.1, 0.15) is 40.5 Å². The molecule has 0 amide bonds. The van der Waals surface area contributed by atoms with Crippen molar-refractivity contribution in [1.29, 1.82) is 0 Å². The van der Waals surface area contributed by atoms with Crippen molar-refractivity contribution < 1.29 is 34.7 Å². The summed E-state index contributed by atoms with van der Waals surface area (Å²) in [6.07, 6.45) is 1.67. The van der Waals surface area contributed by atoms with Crippen LogP contribution in [-0.4, -0.2) is 18.9 Å². The summed E-state index contributed by atoms with van der Waals surface area (Å²) in [4.78, 5) is 34.4. The number of carbonyl (C=O) groups is 3. The third-order valence-electron chi connectivity index (χ3n) is 2.30. The van der Waals surface area contributed by atoms with E-state index in [-0.39, 0.29) is 12.3 Å². The minimum atomic E-state index is -4.05. The molecule has 0 N–H and O–H groups in total. The molecule has 0 saturated carbocycles. The van der Waals surface area contributed by atoms with Gasteiger partial charge >= 0.3 is 94.1 Å². The van der Waals surface area contributed by atoms with Crippen molar-refractivity contribution in [2.75, 3.05) is 6.61 Å². The van der Waals surface area contributed by atoms with Crippen molar-refractivity contribution in [3.05, 3.63) is 0 Å². The Kier molecular flexibility index (Phi) is 6.17. The summed E-state index contributed by atoms with van der Waals surface area (Å²) in [7, 11) is 0. The van der Waals surface area contributed by atoms with Gasteiger partial charge in [-0.3, -0.25) is 0 Å². The zero-order valence-corrected chi connectivity index (χ0v) is 11.3. The van der Waals surface area contributed by atoms with Gasteiger partial charge in [0.1, 0.15) is 0 Å². The Morgan fingerprint density at radius 1 is 1.00 bits per heavy atom. The van der Waals surface area contributed by atoms with Crippen LogP contribution in [0, 0.1) is 0 Å². The van der Waals surface area contributed by atoms with Crippen molar-refractivity contribution >= 4 is 12.3 Å². The van der Waals surface area contributed by atoms with Crippen LogP contribution in [0.4, 0.5) is 0 Å². The Labute approximate surface area is 94.2 Å². The topological polar surface area (TPSA) is 60.4 Å². The molecule has 0 aliphatic carbocycles. The first kappa shape index (κ1) is 14.7. The summed E-state index contributed by atoms with van der Waals surface area (Å²) in [5, 5.41) is 0. The van der Waals surface area contributed by atoms with Crippen molar-refractivity contribution in [3.8, 4) is 0 Å². The second-order valence-electron chi connectivity index (χ2n) is 3.55. The van der Waals surface area contributed by atoms with Crippen molar-refractivity contribution in [2.45, 2.75) is 40.5 Å². The van der Waals surface area contributed by atoms with Gasteiger partial charge in [-0.15, -0.1) is 0 Å². The molecule has 0 saturated heterocycles. The average molecular weight is 250 g/mol. The summed E-state index contributed by atoms with van der Waals surface area (Å²) in [5.41, 5.74) is 0. The molecule has 4 nitrogen and oxygen atoms in total. The molecule has 0 aliphatic rings. The summed E-state index contributed by atoms with van der Waals surface area (Å²) >= 11 is -4.05. The first-order valence-electron chi connectivity index (χ1n) is 5.06. The molecular formula is C10H18O4Ti. The molecule has 0 aromatic rings. The molecule has 0 spiro atoms. The molecule has 5 heteroatoms. The van der Waals surface area contributed by atoms with E-state index in [1.54, 1.807) is 0 Å². The number of carbonyl (C=O) groups excluding carboxylic acids is 3. The van der Waals surface area contributed by atoms with Crippen molar-refractivity contribution in [2.24, 2.45) is 0 Å². The van der Waals surface area contributed by atoms with Crippen LogP contribution in [0.15, 0.2) is 0 Å². The third-order valence-corrected chi connectivity index (χ3v) is 7.94. The van der Waals surface area contributed by atoms with E-state index in [1.165, 1.54) is 20.8 Å². The van der Waals surface area contributed by atoms with Crippen molar-refractivity contribution in [1.82, 2.24) is 0 Å². The molecule has 0 aromatic carbocycles. The first-order chi connectivity index (χ1) is 6.89. The molecule has 0 atom stereocenters. The number of hydrogen-bond donors (Lipinski definition) is 0. The zero-order valence-electron chi connectivity index (χ0n) is 9.75. The van der Waals surface area contributed by atoms with Crippen LogP contribution in [0.3, 0.4) is 0 Å². The van der Waals surface area contributed by atoms with Gasteiger partial charge in [-0.05, 0) is 0 Å². The molecule has 0 bridgehead atoms. The fourth-order valence-electron chi connectivity index (χ4n) is 1.42. The van der Waals surface area contributed by atoms with Gasteiger partial charge in [0.2, 0.25) is 0 Å². The van der Waals surface area contributed by atoms with E-state index in [1.807, 2.05) is 6.92 Å². The maximum absolute atomic E-state index is 11.5. The van der Waals surface area contributed by atoms with Gasteiger partial charge in [0.15, 0.2) is 0 Å². The second-order valence-corrected chi connectivity index (χ2v) is 9.43. The second kappa shape index (κ2) is 6.31. The minimum absolute atomic E-state index is 0.329. The number of hydrogen-bond acceptors (Lipinski definition) is 4. The van der Waals surface area contributed by atoms with Crippen LogP contribution < -0.4 is 0 Å². The van der Waals surface area contributed by atoms with Gasteiger partial charge in [-0.1, -0.05) is 0 Å². The van der Waals surface area contributed by atoms with Gasteiger partial charge < -0.3 is 0 Å². The first-order valence-corrected chi connectivity index (χ1v) is 8.04. The normalized spacial score (nSPS) is 11.2. The van der Waals surface area contributed by atoms with Crippen molar-refractivity contribution in [3.63, 3.8) is 0 Å². The van der Waals surface area contributed by atoms with Crippen LogP contribution in [0.25, 0.3) is 0 Å². The molecule has 0 aliphatic heterocycles. The number of unbranched alkanes of at least 4 members (excludes halogenated alkanes) is 1. The SMILES string of the molecule is CCCC[O][Ti]([C](C)=O)([C](C)=O)[C](C)=O. The third kappa shape index (κ3) is 3.33. The predicted molar refractivity (Wildman–Crippen MR) is 52.9 cm³/mol. The fourth-order valence-corrected chi connectivity index (χ4v) is 5.40. The fraction of sp³-hybridized carbons (Fsp3) is 0.700. The van der Waals surface area contributed by atoms with Gasteiger partial charge in [-0.2, -0.15) is 0 Å². The molecule has 0 radical (unpaired) electrons. The predicted octanol–water partition coefficient (Wildman–Crippen LogP) is 1.51. The van der Waals surface area contributed by atoms with E-state index in [9.17, 15) is 14.4 Å². The Hall–Kier alpha value is -0.316. The molecule has 0 rings (SSSR count). The molecule has 0 heterocycles. The standard InChI is InChI=1S/C4H9O.3C2H3O.Ti/c1-2-3-4-5;3*1-2-3;/h2-4H2,1H3;3*1H3;/q-1;;;;+1. The van der Waals surface area contributed by atoms with Crippen LogP contribution in [0.2, 0.25) is 0 Å². The van der Waals surface area contributed by atoms with Crippen LogP contribution in [0.5, 0.6) is 0 Å². The van der Waals surface area contributed by atoms with Crippen LogP contribution in [-0.2, 0) is 34.7 Å². The quantitative estimate of drug-likeness (QED) is 0.507. The van der Waals surface area contributed by atoms with E-state index in [2.05, 4.69) is 0 Å².